The molecule has 12 heteroatoms. The minimum atomic E-state index is -3.94. The first-order chi connectivity index (χ1) is 13.7. The Hall–Kier alpha value is -3.12. The van der Waals surface area contributed by atoms with E-state index in [9.17, 15) is 28.1 Å². The largest absolute Gasteiger partial charge is 0.347 e. The van der Waals surface area contributed by atoms with Crippen molar-refractivity contribution >= 4 is 21.6 Å². The molecule has 3 rings (SSSR count). The molecule has 0 saturated carbocycles. The second kappa shape index (κ2) is 8.09. The van der Waals surface area contributed by atoms with Crippen LogP contribution in [0.5, 0.6) is 0 Å². The maximum atomic E-state index is 12.9. The molecule has 0 atom stereocenters. The molecule has 2 aromatic rings. The van der Waals surface area contributed by atoms with Crippen molar-refractivity contribution < 1.29 is 18.1 Å². The highest BCUT2D eigenvalue weighted by molar-refractivity contribution is 7.89. The third kappa shape index (κ3) is 4.32. The van der Waals surface area contributed by atoms with Crippen LogP contribution in [0.25, 0.3) is 0 Å². The van der Waals surface area contributed by atoms with Crippen molar-refractivity contribution in [2.75, 3.05) is 26.2 Å². The molecular weight excluding hydrogens is 402 g/mol. The Morgan fingerprint density at radius 1 is 1.24 bits per heavy atom. The number of aryl methyl sites for hydroxylation is 1. The molecular formula is C17H19N5O6S. The summed E-state index contributed by atoms with van der Waals surface area (Å²) in [6.07, 6.45) is 2.79. The van der Waals surface area contributed by atoms with Crippen LogP contribution < -0.4 is 5.69 Å². The average Bonchev–Trinajstić information content (AvgIpc) is 2.69. The van der Waals surface area contributed by atoms with Gasteiger partial charge in [-0.15, -0.1) is 0 Å². The predicted molar refractivity (Wildman–Crippen MR) is 102 cm³/mol. The molecule has 154 valence electrons. The Bertz CT molecular complexity index is 1110. The van der Waals surface area contributed by atoms with Gasteiger partial charge in [-0.05, 0) is 18.6 Å². The van der Waals surface area contributed by atoms with Crippen LogP contribution in [0, 0.1) is 17.0 Å². The van der Waals surface area contributed by atoms with Crippen molar-refractivity contribution in [1.29, 1.82) is 0 Å². The molecule has 1 amide bonds. The van der Waals surface area contributed by atoms with Crippen molar-refractivity contribution in [3.63, 3.8) is 0 Å². The second-order valence-corrected chi connectivity index (χ2v) is 8.43. The zero-order chi connectivity index (χ0) is 21.2. The number of benzene rings is 1. The molecule has 1 saturated heterocycles. The van der Waals surface area contributed by atoms with Crippen LogP contribution in [-0.2, 0) is 21.4 Å². The molecule has 0 aliphatic carbocycles. The number of nitro benzene ring substituents is 1. The Balaban J connectivity index is 1.71. The lowest BCUT2D eigenvalue weighted by Crippen LogP contribution is -2.51. The summed E-state index contributed by atoms with van der Waals surface area (Å²) in [6.45, 7) is 1.81. The van der Waals surface area contributed by atoms with E-state index in [0.29, 0.717) is 5.56 Å². The fourth-order valence-electron chi connectivity index (χ4n) is 3.05. The number of non-ortho nitro benzene ring substituents is 1. The average molecular weight is 421 g/mol. The van der Waals surface area contributed by atoms with Gasteiger partial charge in [-0.2, -0.15) is 4.31 Å². The highest BCUT2D eigenvalue weighted by Gasteiger charge is 2.32. The number of nitrogens with zero attached hydrogens (tertiary/aromatic N) is 5. The van der Waals surface area contributed by atoms with Gasteiger partial charge in [0.2, 0.25) is 15.9 Å². The molecule has 0 N–H and O–H groups in total. The molecule has 1 aromatic carbocycles. The molecule has 1 fully saturated rings. The summed E-state index contributed by atoms with van der Waals surface area (Å²) in [7, 11) is -3.94. The van der Waals surface area contributed by atoms with E-state index in [2.05, 4.69) is 4.98 Å². The second-order valence-electron chi connectivity index (χ2n) is 6.52. The number of sulfonamides is 1. The van der Waals surface area contributed by atoms with E-state index in [1.165, 1.54) is 38.3 Å². The molecule has 1 aliphatic heterocycles. The number of amides is 1. The van der Waals surface area contributed by atoms with Crippen LogP contribution in [0.2, 0.25) is 0 Å². The number of rotatable bonds is 5. The van der Waals surface area contributed by atoms with Gasteiger partial charge in [0.15, 0.2) is 0 Å². The Kier molecular flexibility index (Phi) is 5.75. The molecule has 1 aliphatic rings. The lowest BCUT2D eigenvalue weighted by Gasteiger charge is -2.34. The summed E-state index contributed by atoms with van der Waals surface area (Å²) < 4.78 is 28.3. The summed E-state index contributed by atoms with van der Waals surface area (Å²) in [5.74, 6) is -0.316. The van der Waals surface area contributed by atoms with E-state index in [1.54, 1.807) is 13.0 Å². The molecule has 0 spiro atoms. The number of carbonyl (C=O) groups excluding carboxylic acids is 1. The van der Waals surface area contributed by atoms with Crippen LogP contribution in [0.1, 0.15) is 5.56 Å². The van der Waals surface area contributed by atoms with Gasteiger partial charge in [-0.1, -0.05) is 6.07 Å². The number of aromatic nitrogens is 2. The first-order valence-electron chi connectivity index (χ1n) is 8.74. The van der Waals surface area contributed by atoms with E-state index >= 15 is 0 Å². The molecule has 0 bridgehead atoms. The quantitative estimate of drug-likeness (QED) is 0.489. The van der Waals surface area contributed by atoms with Crippen molar-refractivity contribution in [1.82, 2.24) is 18.8 Å². The highest BCUT2D eigenvalue weighted by Crippen LogP contribution is 2.25. The monoisotopic (exact) mass is 421 g/mol. The minimum Gasteiger partial charge on any atom is -0.338 e. The lowest BCUT2D eigenvalue weighted by molar-refractivity contribution is -0.385. The maximum Gasteiger partial charge on any atom is 0.347 e. The molecule has 29 heavy (non-hydrogen) atoms. The third-order valence-electron chi connectivity index (χ3n) is 4.68. The van der Waals surface area contributed by atoms with Crippen LogP contribution in [-0.4, -0.2) is 64.2 Å². The predicted octanol–water partition coefficient (Wildman–Crippen LogP) is -0.00698. The smallest absolute Gasteiger partial charge is 0.338 e. The lowest BCUT2D eigenvalue weighted by atomic mass is 10.2. The van der Waals surface area contributed by atoms with Gasteiger partial charge in [-0.25, -0.2) is 18.2 Å². The van der Waals surface area contributed by atoms with E-state index in [0.717, 1.165) is 6.07 Å². The Labute approximate surface area is 166 Å². The van der Waals surface area contributed by atoms with Gasteiger partial charge in [0, 0.05) is 50.7 Å². The molecule has 11 nitrogen and oxygen atoms in total. The van der Waals surface area contributed by atoms with Crippen molar-refractivity contribution in [3.05, 3.63) is 62.8 Å². The van der Waals surface area contributed by atoms with E-state index in [1.807, 2.05) is 0 Å². The van der Waals surface area contributed by atoms with Gasteiger partial charge in [0.25, 0.3) is 5.69 Å². The van der Waals surface area contributed by atoms with Crippen LogP contribution in [0.4, 0.5) is 5.69 Å². The fourth-order valence-corrected chi connectivity index (χ4v) is 4.72. The van der Waals surface area contributed by atoms with Gasteiger partial charge in [0.05, 0.1) is 9.82 Å². The SMILES string of the molecule is Cc1ccc([N+](=O)[O-])cc1S(=O)(=O)N1CCN(C(=O)Cn2cccnc2=O)CC1. The Morgan fingerprint density at radius 3 is 2.55 bits per heavy atom. The van der Waals surface area contributed by atoms with Gasteiger partial charge >= 0.3 is 5.69 Å². The number of nitro groups is 1. The summed E-state index contributed by atoms with van der Waals surface area (Å²) >= 11 is 0. The minimum absolute atomic E-state index is 0.0537. The van der Waals surface area contributed by atoms with Crippen LogP contribution in [0.3, 0.4) is 0 Å². The van der Waals surface area contributed by atoms with Gasteiger partial charge in [0.1, 0.15) is 6.54 Å². The molecule has 1 aromatic heterocycles. The topological polar surface area (TPSA) is 136 Å². The van der Waals surface area contributed by atoms with Crippen molar-refractivity contribution in [3.8, 4) is 0 Å². The van der Waals surface area contributed by atoms with E-state index < -0.39 is 20.6 Å². The van der Waals surface area contributed by atoms with Crippen LogP contribution >= 0.6 is 0 Å². The number of hydrogen-bond donors (Lipinski definition) is 0. The molecule has 0 unspecified atom stereocenters. The third-order valence-corrected chi connectivity index (χ3v) is 6.72. The van der Waals surface area contributed by atoms with Crippen LogP contribution in [0.15, 0.2) is 46.3 Å². The van der Waals surface area contributed by atoms with Crippen molar-refractivity contribution in [2.24, 2.45) is 0 Å². The Morgan fingerprint density at radius 2 is 1.93 bits per heavy atom. The highest BCUT2D eigenvalue weighted by atomic mass is 32.2. The number of hydrogen-bond acceptors (Lipinski definition) is 7. The standard InChI is InChI=1S/C17H19N5O6S/c1-13-3-4-14(22(25)26)11-15(13)29(27,28)21-9-7-19(8-10-21)16(23)12-20-6-2-5-18-17(20)24/h2-6,11H,7-10,12H2,1H3. The van der Waals surface area contributed by atoms with E-state index in [-0.39, 0.29) is 49.2 Å². The normalized spacial score (nSPS) is 15.3. The van der Waals surface area contributed by atoms with E-state index in [4.69, 9.17) is 0 Å². The number of carbonyl (C=O) groups is 1. The summed E-state index contributed by atoms with van der Waals surface area (Å²) in [5.41, 5.74) is -0.432. The van der Waals surface area contributed by atoms with Crippen molar-refractivity contribution in [2.45, 2.75) is 18.4 Å². The first-order valence-corrected chi connectivity index (χ1v) is 10.2. The van der Waals surface area contributed by atoms with Gasteiger partial charge in [-0.3, -0.25) is 19.5 Å². The van der Waals surface area contributed by atoms with Gasteiger partial charge < -0.3 is 4.90 Å². The molecule has 0 radical (unpaired) electrons. The zero-order valence-electron chi connectivity index (χ0n) is 15.6. The summed E-state index contributed by atoms with van der Waals surface area (Å²) in [6, 6.07) is 5.25. The first kappa shape index (κ1) is 20.6. The maximum absolute atomic E-state index is 12.9. The number of piperazine rings is 1. The summed E-state index contributed by atoms with van der Waals surface area (Å²) in [4.78, 5) is 39.3. The summed E-state index contributed by atoms with van der Waals surface area (Å²) in [5, 5.41) is 11.0. The fraction of sp³-hybridized carbons (Fsp3) is 0.353. The molecule has 2 heterocycles. The zero-order valence-corrected chi connectivity index (χ0v) is 16.4.